The van der Waals surface area contributed by atoms with E-state index >= 15 is 0 Å². The molecule has 4 rings (SSSR count). The van der Waals surface area contributed by atoms with Crippen LogP contribution < -0.4 is 5.32 Å². The molecule has 1 atom stereocenters. The van der Waals surface area contributed by atoms with E-state index in [1.165, 1.54) is 0 Å². The first kappa shape index (κ1) is 15.7. The van der Waals surface area contributed by atoms with Crippen molar-refractivity contribution in [1.82, 2.24) is 19.9 Å². The normalized spacial score (nSPS) is 12.6. The summed E-state index contributed by atoms with van der Waals surface area (Å²) in [5.41, 5.74) is 3.20. The number of carbonyl (C=O) groups is 1. The van der Waals surface area contributed by atoms with Gasteiger partial charge >= 0.3 is 0 Å². The summed E-state index contributed by atoms with van der Waals surface area (Å²) in [6.07, 6.45) is 0. The summed E-state index contributed by atoms with van der Waals surface area (Å²) in [6.45, 7) is 1.90. The quantitative estimate of drug-likeness (QED) is 0.580. The van der Waals surface area contributed by atoms with E-state index in [-0.39, 0.29) is 11.9 Å². The number of hydrogen-bond acceptors (Lipinski definition) is 2. The molecule has 0 radical (unpaired) electrons. The van der Waals surface area contributed by atoms with Gasteiger partial charge in [0.1, 0.15) is 11.5 Å². The Kier molecular flexibility index (Phi) is 3.73. The van der Waals surface area contributed by atoms with Crippen LogP contribution in [0.3, 0.4) is 0 Å². The summed E-state index contributed by atoms with van der Waals surface area (Å²) < 4.78 is 1.82. The number of H-pyrrole nitrogens is 1. The van der Waals surface area contributed by atoms with Crippen molar-refractivity contribution in [3.8, 4) is 0 Å². The minimum Gasteiger partial charge on any atom is -0.341 e. The second-order valence-corrected chi connectivity index (χ2v) is 6.45. The van der Waals surface area contributed by atoms with E-state index < -0.39 is 0 Å². The van der Waals surface area contributed by atoms with Crippen LogP contribution in [0.15, 0.2) is 48.5 Å². The summed E-state index contributed by atoms with van der Waals surface area (Å²) in [5.74, 6) is 0.487. The second kappa shape index (κ2) is 5.93. The Morgan fingerprint density at radius 2 is 1.92 bits per heavy atom. The van der Waals surface area contributed by atoms with Crippen molar-refractivity contribution >= 4 is 39.4 Å². The second-order valence-electron chi connectivity index (χ2n) is 6.07. The summed E-state index contributed by atoms with van der Waals surface area (Å²) >= 11 is 6.45. The molecule has 2 aromatic heterocycles. The molecule has 0 saturated heterocycles. The van der Waals surface area contributed by atoms with Gasteiger partial charge in [0.05, 0.1) is 22.1 Å². The van der Waals surface area contributed by atoms with Gasteiger partial charge in [0.15, 0.2) is 0 Å². The highest BCUT2D eigenvalue weighted by Gasteiger charge is 2.22. The van der Waals surface area contributed by atoms with Crippen molar-refractivity contribution in [3.63, 3.8) is 0 Å². The molecule has 2 N–H and O–H groups in total. The number of fused-ring (bicyclic) bond motifs is 2. The number of aryl methyl sites for hydroxylation is 1. The minimum atomic E-state index is -0.269. The first-order valence-corrected chi connectivity index (χ1v) is 8.42. The molecule has 0 spiro atoms. The molecule has 0 saturated carbocycles. The zero-order valence-electron chi connectivity index (χ0n) is 13.9. The maximum Gasteiger partial charge on any atom is 0.270 e. The largest absolute Gasteiger partial charge is 0.341 e. The number of aromatic nitrogens is 3. The van der Waals surface area contributed by atoms with Gasteiger partial charge in [-0.3, -0.25) is 4.79 Å². The van der Waals surface area contributed by atoms with Crippen LogP contribution in [-0.4, -0.2) is 20.4 Å². The third-order valence-corrected chi connectivity index (χ3v) is 4.81. The molecule has 4 aromatic rings. The van der Waals surface area contributed by atoms with Crippen LogP contribution in [0.1, 0.15) is 29.3 Å². The molecule has 0 bridgehead atoms. The molecule has 0 aliphatic rings. The third-order valence-electron chi connectivity index (χ3n) is 4.43. The lowest BCUT2D eigenvalue weighted by Crippen LogP contribution is -2.29. The number of aromatic amines is 1. The third kappa shape index (κ3) is 2.57. The molecule has 1 unspecified atom stereocenters. The average Bonchev–Trinajstić information content (AvgIpc) is 3.15. The van der Waals surface area contributed by atoms with E-state index in [2.05, 4.69) is 15.3 Å². The van der Waals surface area contributed by atoms with E-state index in [0.717, 1.165) is 21.9 Å². The summed E-state index contributed by atoms with van der Waals surface area (Å²) in [5, 5.41) is 4.31. The number of imidazole rings is 1. The Morgan fingerprint density at radius 3 is 2.68 bits per heavy atom. The molecular weight excluding hydrogens is 336 g/mol. The highest BCUT2D eigenvalue weighted by atomic mass is 35.5. The number of para-hydroxylation sites is 3. The fraction of sp³-hybridized carbons (Fsp3) is 0.158. The number of carbonyl (C=O) groups excluding carboxylic acids is 1. The molecular formula is C19H17ClN4O. The summed E-state index contributed by atoms with van der Waals surface area (Å²) in [4.78, 5) is 20.6. The maximum absolute atomic E-state index is 12.8. The Bertz CT molecular complexity index is 1020. The Balaban J connectivity index is 1.65. The fourth-order valence-electron chi connectivity index (χ4n) is 3.11. The molecule has 2 aromatic carbocycles. The van der Waals surface area contributed by atoms with Crippen LogP contribution in [0.2, 0.25) is 5.02 Å². The molecule has 0 aliphatic heterocycles. The Labute approximate surface area is 149 Å². The lowest BCUT2D eigenvalue weighted by molar-refractivity contribution is 0.0931. The van der Waals surface area contributed by atoms with Crippen LogP contribution in [0.25, 0.3) is 21.9 Å². The number of hydrogen-bond donors (Lipinski definition) is 2. The Hall–Kier alpha value is -2.79. The van der Waals surface area contributed by atoms with Gasteiger partial charge in [0.25, 0.3) is 5.91 Å². The number of amides is 1. The van der Waals surface area contributed by atoms with Gasteiger partial charge in [0.2, 0.25) is 0 Å². The van der Waals surface area contributed by atoms with Crippen molar-refractivity contribution in [2.45, 2.75) is 13.0 Å². The Morgan fingerprint density at radius 1 is 1.20 bits per heavy atom. The number of rotatable bonds is 3. The zero-order chi connectivity index (χ0) is 17.6. The maximum atomic E-state index is 12.8. The van der Waals surface area contributed by atoms with E-state index in [1.54, 1.807) is 0 Å². The van der Waals surface area contributed by atoms with Gasteiger partial charge in [-0.1, -0.05) is 41.9 Å². The van der Waals surface area contributed by atoms with Crippen molar-refractivity contribution in [2.75, 3.05) is 0 Å². The van der Waals surface area contributed by atoms with E-state index in [0.29, 0.717) is 16.5 Å². The van der Waals surface area contributed by atoms with Crippen molar-refractivity contribution in [2.24, 2.45) is 7.05 Å². The first-order chi connectivity index (χ1) is 12.1. The smallest absolute Gasteiger partial charge is 0.270 e. The molecule has 1 amide bonds. The van der Waals surface area contributed by atoms with Crippen molar-refractivity contribution in [3.05, 3.63) is 65.1 Å². The number of nitrogens with one attached hydrogen (secondary N) is 2. The number of nitrogens with zero attached hydrogens (tertiary/aromatic N) is 2. The van der Waals surface area contributed by atoms with Gasteiger partial charge in [-0.05, 0) is 25.1 Å². The standard InChI is InChI=1S/C19H17ClN4O/c1-11(18-22-13-8-4-5-9-14(13)23-18)21-19(25)17-16(20)12-7-3-6-10-15(12)24(17)2/h3-11H,1-2H3,(H,21,25)(H,22,23). The van der Waals surface area contributed by atoms with E-state index in [9.17, 15) is 4.79 Å². The van der Waals surface area contributed by atoms with Gasteiger partial charge in [-0.15, -0.1) is 0 Å². The molecule has 126 valence electrons. The van der Waals surface area contributed by atoms with Crippen LogP contribution in [-0.2, 0) is 7.05 Å². The van der Waals surface area contributed by atoms with Gasteiger partial charge in [0, 0.05) is 18.0 Å². The summed E-state index contributed by atoms with van der Waals surface area (Å²) in [6, 6.07) is 15.2. The monoisotopic (exact) mass is 352 g/mol. The first-order valence-electron chi connectivity index (χ1n) is 8.04. The lowest BCUT2D eigenvalue weighted by Gasteiger charge is -2.12. The molecule has 0 aliphatic carbocycles. The fourth-order valence-corrected chi connectivity index (χ4v) is 3.48. The van der Waals surface area contributed by atoms with Crippen LogP contribution in [0, 0.1) is 0 Å². The topological polar surface area (TPSA) is 62.7 Å². The highest BCUT2D eigenvalue weighted by molar-refractivity contribution is 6.38. The SMILES string of the molecule is CC(NC(=O)c1c(Cl)c2ccccc2n1C)c1nc2ccccc2[nH]1. The van der Waals surface area contributed by atoms with Crippen molar-refractivity contribution in [1.29, 1.82) is 0 Å². The zero-order valence-corrected chi connectivity index (χ0v) is 14.6. The predicted octanol–water partition coefficient (Wildman–Crippen LogP) is 4.20. The molecule has 6 heteroatoms. The van der Waals surface area contributed by atoms with Gasteiger partial charge in [-0.2, -0.15) is 0 Å². The molecule has 0 fully saturated rings. The van der Waals surface area contributed by atoms with Crippen LogP contribution >= 0.6 is 11.6 Å². The number of halogens is 1. The van der Waals surface area contributed by atoms with E-state index in [4.69, 9.17) is 11.6 Å². The lowest BCUT2D eigenvalue weighted by atomic mass is 10.2. The van der Waals surface area contributed by atoms with Crippen LogP contribution in [0.5, 0.6) is 0 Å². The van der Waals surface area contributed by atoms with Crippen LogP contribution in [0.4, 0.5) is 0 Å². The average molecular weight is 353 g/mol. The summed E-state index contributed by atoms with van der Waals surface area (Å²) in [7, 11) is 1.84. The van der Waals surface area contributed by atoms with Gasteiger partial charge in [-0.25, -0.2) is 4.98 Å². The molecule has 5 nitrogen and oxygen atoms in total. The van der Waals surface area contributed by atoms with Gasteiger partial charge < -0.3 is 14.9 Å². The predicted molar refractivity (Wildman–Crippen MR) is 99.9 cm³/mol. The van der Waals surface area contributed by atoms with Crippen molar-refractivity contribution < 1.29 is 4.79 Å². The molecule has 25 heavy (non-hydrogen) atoms. The van der Waals surface area contributed by atoms with E-state index in [1.807, 2.05) is 67.1 Å². The minimum absolute atomic E-state index is 0.225. The molecule has 2 heterocycles. The number of benzene rings is 2. The highest BCUT2D eigenvalue weighted by Crippen LogP contribution is 2.30.